The van der Waals surface area contributed by atoms with Gasteiger partial charge in [-0.15, -0.1) is 0 Å². The molecule has 0 fully saturated rings. The van der Waals surface area contributed by atoms with E-state index in [1.165, 1.54) is 7.11 Å². The van der Waals surface area contributed by atoms with E-state index in [0.717, 1.165) is 5.56 Å². The molecule has 0 unspecified atom stereocenters. The van der Waals surface area contributed by atoms with E-state index < -0.39 is 6.16 Å². The molecule has 0 atom stereocenters. The highest BCUT2D eigenvalue weighted by Crippen LogP contribution is 2.29. The molecule has 0 aliphatic rings. The number of rotatable bonds is 5. The van der Waals surface area contributed by atoms with E-state index in [-0.39, 0.29) is 17.8 Å². The number of para-hydroxylation sites is 1. The first-order valence-corrected chi connectivity index (χ1v) is 7.53. The Morgan fingerprint density at radius 2 is 1.42 bits per heavy atom. The van der Waals surface area contributed by atoms with Crippen molar-refractivity contribution >= 4 is 12.1 Å². The number of ether oxygens (including phenoxy) is 3. The molecule has 0 aliphatic carbocycles. The summed E-state index contributed by atoms with van der Waals surface area (Å²) in [5.41, 5.74) is 0.563. The lowest BCUT2D eigenvalue weighted by Crippen LogP contribution is -2.22. The van der Waals surface area contributed by atoms with Crippen molar-refractivity contribution < 1.29 is 23.8 Å². The normalized spacial score (nSPS) is 10.8. The summed E-state index contributed by atoms with van der Waals surface area (Å²) in [5, 5.41) is 0. The lowest BCUT2D eigenvalue weighted by atomic mass is 9.81. The first kappa shape index (κ1) is 17.5. The lowest BCUT2D eigenvalue weighted by Gasteiger charge is -2.23. The van der Waals surface area contributed by atoms with E-state index in [0.29, 0.717) is 11.5 Å². The van der Waals surface area contributed by atoms with Crippen LogP contribution in [0, 0.1) is 0 Å². The third kappa shape index (κ3) is 4.84. The zero-order chi connectivity index (χ0) is 17.6. The SMILES string of the molecule is COC(=O)CC(C)(C)c1ccc(OC(=O)Oc2ccccc2)cc1. The molecule has 0 aliphatic heterocycles. The van der Waals surface area contributed by atoms with Crippen molar-refractivity contribution in [1.82, 2.24) is 0 Å². The fraction of sp³-hybridized carbons (Fsp3) is 0.263. The van der Waals surface area contributed by atoms with Gasteiger partial charge in [-0.2, -0.15) is 0 Å². The maximum atomic E-state index is 11.7. The van der Waals surface area contributed by atoms with Gasteiger partial charge in [0, 0.05) is 5.41 Å². The average Bonchev–Trinajstić information content (AvgIpc) is 2.55. The summed E-state index contributed by atoms with van der Waals surface area (Å²) in [6, 6.07) is 15.7. The minimum atomic E-state index is -0.803. The Morgan fingerprint density at radius 3 is 1.96 bits per heavy atom. The Labute approximate surface area is 141 Å². The van der Waals surface area contributed by atoms with Gasteiger partial charge >= 0.3 is 12.1 Å². The molecule has 0 saturated heterocycles. The van der Waals surface area contributed by atoms with Gasteiger partial charge in [-0.05, 0) is 29.8 Å². The van der Waals surface area contributed by atoms with Crippen LogP contribution in [-0.2, 0) is 14.9 Å². The van der Waals surface area contributed by atoms with Crippen molar-refractivity contribution in [3.05, 3.63) is 60.2 Å². The first-order valence-electron chi connectivity index (χ1n) is 7.53. The van der Waals surface area contributed by atoms with Crippen LogP contribution in [0.5, 0.6) is 11.5 Å². The first-order chi connectivity index (χ1) is 11.4. The predicted molar refractivity (Wildman–Crippen MR) is 89.2 cm³/mol. The van der Waals surface area contributed by atoms with E-state index in [2.05, 4.69) is 0 Å². The number of hydrogen-bond donors (Lipinski definition) is 0. The second-order valence-corrected chi connectivity index (χ2v) is 5.93. The highest BCUT2D eigenvalue weighted by atomic mass is 16.7. The minimum absolute atomic E-state index is 0.264. The monoisotopic (exact) mass is 328 g/mol. The van der Waals surface area contributed by atoms with Gasteiger partial charge in [-0.25, -0.2) is 4.79 Å². The predicted octanol–water partition coefficient (Wildman–Crippen LogP) is 4.11. The summed E-state index contributed by atoms with van der Waals surface area (Å²) in [4.78, 5) is 23.2. The molecule has 2 rings (SSSR count). The van der Waals surface area contributed by atoms with Gasteiger partial charge in [0.1, 0.15) is 11.5 Å². The Kier molecular flexibility index (Phi) is 5.58. The molecule has 5 nitrogen and oxygen atoms in total. The molecule has 0 heterocycles. The highest BCUT2D eigenvalue weighted by molar-refractivity contribution is 5.71. The van der Waals surface area contributed by atoms with E-state index in [1.807, 2.05) is 32.0 Å². The Bertz CT molecular complexity index is 689. The van der Waals surface area contributed by atoms with Gasteiger partial charge in [0.2, 0.25) is 0 Å². The second kappa shape index (κ2) is 7.64. The molecule has 0 amide bonds. The maximum absolute atomic E-state index is 11.7. The summed E-state index contributed by atoms with van der Waals surface area (Å²) in [5.74, 6) is 0.513. The van der Waals surface area contributed by atoms with Gasteiger partial charge in [0.25, 0.3) is 0 Å². The molecule has 2 aromatic carbocycles. The van der Waals surface area contributed by atoms with Crippen molar-refractivity contribution in [1.29, 1.82) is 0 Å². The van der Waals surface area contributed by atoms with Gasteiger partial charge < -0.3 is 14.2 Å². The number of carbonyl (C=O) groups excluding carboxylic acids is 2. The lowest BCUT2D eigenvalue weighted by molar-refractivity contribution is -0.141. The van der Waals surface area contributed by atoms with Crippen LogP contribution in [-0.4, -0.2) is 19.2 Å². The van der Waals surface area contributed by atoms with Crippen molar-refractivity contribution in [3.8, 4) is 11.5 Å². The number of benzene rings is 2. The quantitative estimate of drug-likeness (QED) is 0.611. The molecular formula is C19H20O5. The van der Waals surface area contributed by atoms with Crippen molar-refractivity contribution in [3.63, 3.8) is 0 Å². The number of hydrogen-bond acceptors (Lipinski definition) is 5. The topological polar surface area (TPSA) is 61.8 Å². The van der Waals surface area contributed by atoms with E-state index >= 15 is 0 Å². The number of esters is 1. The van der Waals surface area contributed by atoms with Crippen molar-refractivity contribution in [2.24, 2.45) is 0 Å². The maximum Gasteiger partial charge on any atom is 0.519 e. The smallest absolute Gasteiger partial charge is 0.469 e. The van der Waals surface area contributed by atoms with Crippen molar-refractivity contribution in [2.75, 3.05) is 7.11 Å². The molecule has 5 heteroatoms. The van der Waals surface area contributed by atoms with Gasteiger partial charge in [-0.3, -0.25) is 4.79 Å². The zero-order valence-corrected chi connectivity index (χ0v) is 13.9. The Balaban J connectivity index is 1.99. The van der Waals surface area contributed by atoms with Crippen molar-refractivity contribution in [2.45, 2.75) is 25.7 Å². The molecule has 2 aromatic rings. The third-order valence-electron chi connectivity index (χ3n) is 3.60. The van der Waals surface area contributed by atoms with Crippen LogP contribution < -0.4 is 9.47 Å². The van der Waals surface area contributed by atoms with Crippen LogP contribution in [0.2, 0.25) is 0 Å². The Morgan fingerprint density at radius 1 is 0.875 bits per heavy atom. The molecule has 126 valence electrons. The summed E-state index contributed by atoms with van der Waals surface area (Å²) in [6.07, 6.45) is -0.539. The molecule has 0 bridgehead atoms. The Hall–Kier alpha value is -2.82. The third-order valence-corrected chi connectivity index (χ3v) is 3.60. The molecule has 24 heavy (non-hydrogen) atoms. The fourth-order valence-corrected chi connectivity index (χ4v) is 2.21. The highest BCUT2D eigenvalue weighted by Gasteiger charge is 2.25. The largest absolute Gasteiger partial charge is 0.519 e. The van der Waals surface area contributed by atoms with E-state index in [9.17, 15) is 9.59 Å². The zero-order valence-electron chi connectivity index (χ0n) is 13.9. The summed E-state index contributed by atoms with van der Waals surface area (Å²) in [7, 11) is 1.37. The van der Waals surface area contributed by atoms with Crippen LogP contribution in [0.1, 0.15) is 25.8 Å². The van der Waals surface area contributed by atoms with Gasteiger partial charge in [0.05, 0.1) is 13.5 Å². The average molecular weight is 328 g/mol. The van der Waals surface area contributed by atoms with E-state index in [1.54, 1.807) is 36.4 Å². The summed E-state index contributed by atoms with van der Waals surface area (Å²) >= 11 is 0. The number of methoxy groups -OCH3 is 1. The standard InChI is InChI=1S/C19H20O5/c1-19(2,13-17(20)22-3)14-9-11-16(12-10-14)24-18(21)23-15-7-5-4-6-8-15/h4-12H,13H2,1-3H3. The van der Waals surface area contributed by atoms with Crippen LogP contribution >= 0.6 is 0 Å². The molecule has 0 saturated carbocycles. The molecule has 0 N–H and O–H groups in total. The molecule has 0 radical (unpaired) electrons. The van der Waals surface area contributed by atoms with Crippen LogP contribution in [0.15, 0.2) is 54.6 Å². The van der Waals surface area contributed by atoms with Gasteiger partial charge in [0.15, 0.2) is 0 Å². The molecular weight excluding hydrogens is 308 g/mol. The second-order valence-electron chi connectivity index (χ2n) is 5.93. The fourth-order valence-electron chi connectivity index (χ4n) is 2.21. The van der Waals surface area contributed by atoms with Crippen LogP contribution in [0.25, 0.3) is 0 Å². The summed E-state index contributed by atoms with van der Waals surface area (Å²) < 4.78 is 14.9. The van der Waals surface area contributed by atoms with Crippen LogP contribution in [0.3, 0.4) is 0 Å². The minimum Gasteiger partial charge on any atom is -0.469 e. The van der Waals surface area contributed by atoms with Crippen LogP contribution in [0.4, 0.5) is 4.79 Å². The van der Waals surface area contributed by atoms with Gasteiger partial charge in [-0.1, -0.05) is 44.2 Å². The molecule has 0 spiro atoms. The number of carbonyl (C=O) groups is 2. The van der Waals surface area contributed by atoms with E-state index in [4.69, 9.17) is 14.2 Å². The summed E-state index contributed by atoms with van der Waals surface area (Å²) in [6.45, 7) is 3.90. The molecule has 0 aromatic heterocycles.